The standard InChI is InChI=1S/C19H19N3O5/c1-27-19(24)15-3-2-10-21(12-15)18(23)17-9-6-14(11-20-17)13-4-7-16(8-5-13)22(25)26/h4-9,11,15H,2-3,10,12H2,1H3/t15-/m1/s1. The number of pyridine rings is 1. The zero-order chi connectivity index (χ0) is 19.4. The van der Waals surface area contributed by atoms with Gasteiger partial charge in [0.1, 0.15) is 5.69 Å². The highest BCUT2D eigenvalue weighted by atomic mass is 16.6. The molecule has 0 spiro atoms. The summed E-state index contributed by atoms with van der Waals surface area (Å²) in [6.45, 7) is 0.912. The third kappa shape index (κ3) is 4.11. The Morgan fingerprint density at radius 2 is 1.89 bits per heavy atom. The molecule has 0 saturated carbocycles. The van der Waals surface area contributed by atoms with Gasteiger partial charge in [0.2, 0.25) is 0 Å². The second kappa shape index (κ2) is 7.94. The molecule has 1 aromatic carbocycles. The molecular weight excluding hydrogens is 350 g/mol. The molecule has 0 radical (unpaired) electrons. The van der Waals surface area contributed by atoms with Crippen LogP contribution in [0.15, 0.2) is 42.6 Å². The summed E-state index contributed by atoms with van der Waals surface area (Å²) in [4.78, 5) is 40.5. The topological polar surface area (TPSA) is 103 Å². The van der Waals surface area contributed by atoms with Gasteiger partial charge in [-0.25, -0.2) is 0 Å². The summed E-state index contributed by atoms with van der Waals surface area (Å²) in [6, 6.07) is 9.51. The number of benzene rings is 1. The number of non-ortho nitro benzene ring substituents is 1. The SMILES string of the molecule is COC(=O)[C@@H]1CCCN(C(=O)c2ccc(-c3ccc([N+](=O)[O-])cc3)cn2)C1. The maximum absolute atomic E-state index is 12.7. The summed E-state index contributed by atoms with van der Waals surface area (Å²) >= 11 is 0. The highest BCUT2D eigenvalue weighted by molar-refractivity contribution is 5.93. The molecule has 140 valence electrons. The van der Waals surface area contributed by atoms with Crippen LogP contribution in [0.1, 0.15) is 23.3 Å². The Labute approximate surface area is 155 Å². The van der Waals surface area contributed by atoms with E-state index in [1.54, 1.807) is 35.4 Å². The van der Waals surface area contributed by atoms with Gasteiger partial charge in [0, 0.05) is 37.0 Å². The Morgan fingerprint density at radius 3 is 2.48 bits per heavy atom. The number of amides is 1. The molecule has 1 atom stereocenters. The number of aromatic nitrogens is 1. The first-order valence-electron chi connectivity index (χ1n) is 8.57. The number of nitrogens with zero attached hydrogens (tertiary/aromatic N) is 3. The van der Waals surface area contributed by atoms with Crippen LogP contribution in [0.25, 0.3) is 11.1 Å². The first kappa shape index (κ1) is 18.5. The predicted octanol–water partition coefficient (Wildman–Crippen LogP) is 2.68. The van der Waals surface area contributed by atoms with Crippen molar-refractivity contribution in [3.63, 3.8) is 0 Å². The summed E-state index contributed by atoms with van der Waals surface area (Å²) < 4.78 is 4.78. The molecule has 27 heavy (non-hydrogen) atoms. The van der Waals surface area contributed by atoms with Crippen LogP contribution in [-0.4, -0.2) is 46.9 Å². The van der Waals surface area contributed by atoms with E-state index in [-0.39, 0.29) is 23.5 Å². The van der Waals surface area contributed by atoms with Crippen LogP contribution in [-0.2, 0) is 9.53 Å². The van der Waals surface area contributed by atoms with E-state index in [2.05, 4.69) is 4.98 Å². The number of hydrogen-bond donors (Lipinski definition) is 0. The van der Waals surface area contributed by atoms with Gasteiger partial charge in [-0.05, 0) is 36.6 Å². The number of nitro groups is 1. The van der Waals surface area contributed by atoms with E-state index in [1.165, 1.54) is 19.2 Å². The van der Waals surface area contributed by atoms with Gasteiger partial charge in [-0.2, -0.15) is 0 Å². The molecule has 3 rings (SSSR count). The molecule has 0 unspecified atom stereocenters. The summed E-state index contributed by atoms with van der Waals surface area (Å²) in [5.74, 6) is -0.820. The fourth-order valence-electron chi connectivity index (χ4n) is 3.15. The molecule has 1 amide bonds. The average molecular weight is 369 g/mol. The molecule has 8 heteroatoms. The minimum absolute atomic E-state index is 0.0174. The number of carbonyl (C=O) groups is 2. The Kier molecular flexibility index (Phi) is 5.44. The molecule has 1 aliphatic rings. The summed E-state index contributed by atoms with van der Waals surface area (Å²) in [7, 11) is 1.35. The molecule has 1 aliphatic heterocycles. The lowest BCUT2D eigenvalue weighted by atomic mass is 9.98. The van der Waals surface area contributed by atoms with Gasteiger partial charge < -0.3 is 9.64 Å². The summed E-state index contributed by atoms with van der Waals surface area (Å²) in [6.07, 6.45) is 3.02. The molecule has 8 nitrogen and oxygen atoms in total. The molecule has 2 aromatic rings. The number of rotatable bonds is 4. The van der Waals surface area contributed by atoms with Gasteiger partial charge in [-0.3, -0.25) is 24.7 Å². The fourth-order valence-corrected chi connectivity index (χ4v) is 3.15. The Bertz CT molecular complexity index is 849. The van der Waals surface area contributed by atoms with Crippen LogP contribution >= 0.6 is 0 Å². The van der Waals surface area contributed by atoms with Crippen molar-refractivity contribution in [1.29, 1.82) is 0 Å². The van der Waals surface area contributed by atoms with Crippen LogP contribution < -0.4 is 0 Å². The van der Waals surface area contributed by atoms with Crippen molar-refractivity contribution in [3.05, 3.63) is 58.4 Å². The van der Waals surface area contributed by atoms with Crippen LogP contribution in [0.2, 0.25) is 0 Å². The van der Waals surface area contributed by atoms with E-state index in [0.29, 0.717) is 25.2 Å². The van der Waals surface area contributed by atoms with E-state index in [9.17, 15) is 19.7 Å². The highest BCUT2D eigenvalue weighted by Crippen LogP contribution is 2.23. The van der Waals surface area contributed by atoms with Crippen molar-refractivity contribution in [2.75, 3.05) is 20.2 Å². The lowest BCUT2D eigenvalue weighted by Crippen LogP contribution is -2.42. The molecule has 1 fully saturated rings. The van der Waals surface area contributed by atoms with Gasteiger partial charge in [-0.1, -0.05) is 6.07 Å². The van der Waals surface area contributed by atoms with Crippen LogP contribution in [0.4, 0.5) is 5.69 Å². The first-order valence-corrected chi connectivity index (χ1v) is 8.57. The van der Waals surface area contributed by atoms with Crippen LogP contribution in [0.3, 0.4) is 0 Å². The lowest BCUT2D eigenvalue weighted by Gasteiger charge is -2.31. The molecule has 0 aliphatic carbocycles. The van der Waals surface area contributed by atoms with Crippen molar-refractivity contribution < 1.29 is 19.2 Å². The van der Waals surface area contributed by atoms with E-state index < -0.39 is 4.92 Å². The molecule has 2 heterocycles. The zero-order valence-corrected chi connectivity index (χ0v) is 14.8. The fraction of sp³-hybridized carbons (Fsp3) is 0.316. The van der Waals surface area contributed by atoms with Gasteiger partial charge >= 0.3 is 5.97 Å². The second-order valence-corrected chi connectivity index (χ2v) is 6.35. The summed E-state index contributed by atoms with van der Waals surface area (Å²) in [5, 5.41) is 10.7. The van der Waals surface area contributed by atoms with Crippen LogP contribution in [0, 0.1) is 16.0 Å². The quantitative estimate of drug-likeness (QED) is 0.466. The minimum atomic E-state index is -0.454. The van der Waals surface area contributed by atoms with Crippen molar-refractivity contribution >= 4 is 17.6 Å². The van der Waals surface area contributed by atoms with Crippen molar-refractivity contribution in [1.82, 2.24) is 9.88 Å². The predicted molar refractivity (Wildman–Crippen MR) is 97.0 cm³/mol. The Hall–Kier alpha value is -3.29. The molecule has 0 bridgehead atoms. The number of methoxy groups -OCH3 is 1. The Balaban J connectivity index is 1.72. The van der Waals surface area contributed by atoms with Gasteiger partial charge in [0.25, 0.3) is 11.6 Å². The largest absolute Gasteiger partial charge is 0.469 e. The number of carbonyl (C=O) groups excluding carboxylic acids is 2. The van der Waals surface area contributed by atoms with E-state index in [4.69, 9.17) is 4.74 Å². The van der Waals surface area contributed by atoms with Crippen molar-refractivity contribution in [2.45, 2.75) is 12.8 Å². The molecule has 1 aromatic heterocycles. The number of esters is 1. The molecule has 1 saturated heterocycles. The maximum atomic E-state index is 12.7. The normalized spacial score (nSPS) is 16.6. The van der Waals surface area contributed by atoms with Crippen LogP contribution in [0.5, 0.6) is 0 Å². The third-order valence-corrected chi connectivity index (χ3v) is 4.64. The van der Waals surface area contributed by atoms with E-state index in [1.807, 2.05) is 0 Å². The highest BCUT2D eigenvalue weighted by Gasteiger charge is 2.29. The Morgan fingerprint density at radius 1 is 1.19 bits per heavy atom. The second-order valence-electron chi connectivity index (χ2n) is 6.35. The van der Waals surface area contributed by atoms with Gasteiger partial charge in [-0.15, -0.1) is 0 Å². The zero-order valence-electron chi connectivity index (χ0n) is 14.8. The number of hydrogen-bond acceptors (Lipinski definition) is 6. The van der Waals surface area contributed by atoms with Gasteiger partial charge in [0.05, 0.1) is 18.0 Å². The third-order valence-electron chi connectivity index (χ3n) is 4.64. The van der Waals surface area contributed by atoms with E-state index >= 15 is 0 Å². The van der Waals surface area contributed by atoms with E-state index in [0.717, 1.165) is 17.5 Å². The monoisotopic (exact) mass is 369 g/mol. The summed E-state index contributed by atoms with van der Waals surface area (Å²) in [5.41, 5.74) is 1.85. The number of nitro benzene ring substituents is 1. The minimum Gasteiger partial charge on any atom is -0.469 e. The molecule has 0 N–H and O–H groups in total. The van der Waals surface area contributed by atoms with Crippen molar-refractivity contribution in [2.24, 2.45) is 5.92 Å². The maximum Gasteiger partial charge on any atom is 0.310 e. The smallest absolute Gasteiger partial charge is 0.310 e. The number of likely N-dealkylation sites (tertiary alicyclic amines) is 1. The average Bonchev–Trinajstić information content (AvgIpc) is 2.73. The number of piperidine rings is 1. The van der Waals surface area contributed by atoms with Gasteiger partial charge in [0.15, 0.2) is 0 Å². The molecular formula is C19H19N3O5. The first-order chi connectivity index (χ1) is 13.0. The number of ether oxygens (including phenoxy) is 1. The lowest BCUT2D eigenvalue weighted by molar-refractivity contribution is -0.384. The van der Waals surface area contributed by atoms with Crippen molar-refractivity contribution in [3.8, 4) is 11.1 Å².